The van der Waals surface area contributed by atoms with Crippen LogP contribution < -0.4 is 16.4 Å². The van der Waals surface area contributed by atoms with E-state index in [2.05, 4.69) is 10.8 Å². The average Bonchev–Trinajstić information content (AvgIpc) is 2.56. The molecule has 0 aliphatic heterocycles. The first-order valence-electron chi connectivity index (χ1n) is 7.73. The highest BCUT2D eigenvalue weighted by molar-refractivity contribution is 6.30. The van der Waals surface area contributed by atoms with Crippen LogP contribution in [-0.4, -0.2) is 28.3 Å². The van der Waals surface area contributed by atoms with Crippen molar-refractivity contribution in [2.45, 2.75) is 20.0 Å². The molecule has 1 atom stereocenters. The van der Waals surface area contributed by atoms with Crippen molar-refractivity contribution < 1.29 is 19.1 Å². The van der Waals surface area contributed by atoms with Gasteiger partial charge in [-0.2, -0.15) is 0 Å². The maximum absolute atomic E-state index is 14.1. The number of aliphatic hydroxyl groups is 1. The number of benzene rings is 1. The van der Waals surface area contributed by atoms with Gasteiger partial charge in [0.2, 0.25) is 0 Å². The second kappa shape index (κ2) is 8.31. The number of pyridine rings is 1. The molecule has 2 aromatic rings. The zero-order valence-electron chi connectivity index (χ0n) is 14.5. The molecule has 7 nitrogen and oxygen atoms in total. The van der Waals surface area contributed by atoms with E-state index in [1.165, 1.54) is 32.2 Å². The number of aromatic nitrogens is 1. The number of nitrogens with zero attached hydrogens (tertiary/aromatic N) is 1. The maximum atomic E-state index is 14.1. The Labute approximate surface area is 154 Å². The van der Waals surface area contributed by atoms with Gasteiger partial charge in [0, 0.05) is 7.05 Å². The fraction of sp³-hybridized carbons (Fsp3) is 0.294. The van der Waals surface area contributed by atoms with E-state index in [0.29, 0.717) is 0 Å². The Bertz CT molecular complexity index is 883. The smallest absolute Gasteiger partial charge is 0.278 e. The summed E-state index contributed by atoms with van der Waals surface area (Å²) in [7, 11) is 1.40. The Morgan fingerprint density at radius 3 is 2.73 bits per heavy atom. The number of aliphatic hydroxyl groups excluding tert-OH is 1. The Hall–Kier alpha value is -2.42. The van der Waals surface area contributed by atoms with Gasteiger partial charge in [-0.15, -0.1) is 0 Å². The minimum Gasteiger partial charge on any atom is -0.391 e. The van der Waals surface area contributed by atoms with Crippen molar-refractivity contribution in [2.75, 3.05) is 11.9 Å². The molecule has 0 fully saturated rings. The van der Waals surface area contributed by atoms with E-state index < -0.39 is 23.4 Å². The number of hydrogen-bond acceptors (Lipinski definition) is 5. The molecule has 9 heteroatoms. The zero-order valence-corrected chi connectivity index (χ0v) is 15.2. The van der Waals surface area contributed by atoms with E-state index >= 15 is 0 Å². The van der Waals surface area contributed by atoms with Crippen LogP contribution in [0.4, 0.5) is 15.9 Å². The van der Waals surface area contributed by atoms with Crippen LogP contribution in [-0.2, 0) is 11.9 Å². The number of rotatable bonds is 6. The third-order valence-corrected chi connectivity index (χ3v) is 3.75. The molecule has 0 spiro atoms. The summed E-state index contributed by atoms with van der Waals surface area (Å²) in [5, 5.41) is 11.7. The fourth-order valence-electron chi connectivity index (χ4n) is 2.16. The van der Waals surface area contributed by atoms with E-state index in [0.717, 1.165) is 10.1 Å². The average molecular weight is 384 g/mol. The van der Waals surface area contributed by atoms with Crippen molar-refractivity contribution in [1.29, 1.82) is 0 Å². The maximum Gasteiger partial charge on any atom is 0.278 e. The van der Waals surface area contributed by atoms with Crippen molar-refractivity contribution in [3.63, 3.8) is 0 Å². The molecule has 0 aliphatic carbocycles. The van der Waals surface area contributed by atoms with Crippen molar-refractivity contribution in [3.8, 4) is 0 Å². The molecule has 1 heterocycles. The molecule has 3 N–H and O–H groups in total. The number of hydroxylamine groups is 1. The summed E-state index contributed by atoms with van der Waals surface area (Å²) >= 11 is 5.88. The van der Waals surface area contributed by atoms with Crippen LogP contribution in [0.25, 0.3) is 0 Å². The number of nitrogens with one attached hydrogen (secondary N) is 2. The van der Waals surface area contributed by atoms with E-state index in [-0.39, 0.29) is 28.7 Å². The SMILES string of the molecule is Cc1ccc(Nc2c(C(=O)NOC[C@H](C)O)cc(Cl)c(=O)n2C)c(F)c1. The van der Waals surface area contributed by atoms with Gasteiger partial charge in [0.25, 0.3) is 11.5 Å². The minimum atomic E-state index is -0.779. The molecule has 0 unspecified atom stereocenters. The zero-order chi connectivity index (χ0) is 19.4. The summed E-state index contributed by atoms with van der Waals surface area (Å²) in [6, 6.07) is 5.67. The standard InChI is InChI=1S/C17H19ClFN3O4/c1-9-4-5-14(13(19)6-9)20-15-11(7-12(18)17(25)22(15)3)16(24)21-26-8-10(2)23/h4-7,10,20,23H,8H2,1-3H3,(H,21,24)/t10-/m0/s1. The summed E-state index contributed by atoms with van der Waals surface area (Å²) in [6.07, 6.45) is -0.779. The van der Waals surface area contributed by atoms with Crippen LogP contribution in [0.3, 0.4) is 0 Å². The van der Waals surface area contributed by atoms with Crippen molar-refractivity contribution >= 4 is 29.0 Å². The van der Waals surface area contributed by atoms with Crippen molar-refractivity contribution in [3.05, 3.63) is 56.6 Å². The molecule has 140 valence electrons. The molecule has 0 radical (unpaired) electrons. The molecule has 1 aromatic carbocycles. The second-order valence-corrected chi connectivity index (χ2v) is 6.23. The molecule has 0 saturated heterocycles. The number of halogens is 2. The lowest BCUT2D eigenvalue weighted by atomic mass is 10.2. The molecule has 0 saturated carbocycles. The summed E-state index contributed by atoms with van der Waals surface area (Å²) < 4.78 is 15.2. The normalized spacial score (nSPS) is 11.9. The number of amides is 1. The number of carbonyl (C=O) groups excluding carboxylic acids is 1. The van der Waals surface area contributed by atoms with E-state index in [4.69, 9.17) is 21.5 Å². The van der Waals surface area contributed by atoms with Gasteiger partial charge in [0.05, 0.1) is 17.4 Å². The van der Waals surface area contributed by atoms with Gasteiger partial charge in [0.15, 0.2) is 0 Å². The molecule has 2 rings (SSSR count). The first-order valence-corrected chi connectivity index (χ1v) is 8.11. The molecule has 26 heavy (non-hydrogen) atoms. The minimum absolute atomic E-state index is 0.0253. The highest BCUT2D eigenvalue weighted by Crippen LogP contribution is 2.24. The third-order valence-electron chi connectivity index (χ3n) is 3.48. The topological polar surface area (TPSA) is 92.6 Å². The largest absolute Gasteiger partial charge is 0.391 e. The number of anilines is 2. The first kappa shape index (κ1) is 19.9. The molecule has 0 aliphatic rings. The first-order chi connectivity index (χ1) is 12.2. The third kappa shape index (κ3) is 4.60. The fourth-order valence-corrected chi connectivity index (χ4v) is 2.39. The van der Waals surface area contributed by atoms with Gasteiger partial charge < -0.3 is 10.4 Å². The van der Waals surface area contributed by atoms with Crippen LogP contribution in [0.1, 0.15) is 22.8 Å². The summed E-state index contributed by atoms with van der Waals surface area (Å²) in [5.41, 5.74) is 2.38. The van der Waals surface area contributed by atoms with Gasteiger partial charge in [-0.25, -0.2) is 9.87 Å². The molecule has 1 aromatic heterocycles. The molecule has 0 bridgehead atoms. The van der Waals surface area contributed by atoms with Crippen molar-refractivity contribution in [1.82, 2.24) is 10.0 Å². The predicted octanol–water partition coefficient (Wildman–Crippen LogP) is 2.27. The van der Waals surface area contributed by atoms with Crippen LogP contribution in [0.2, 0.25) is 5.02 Å². The highest BCUT2D eigenvalue weighted by atomic mass is 35.5. The summed E-state index contributed by atoms with van der Waals surface area (Å²) in [6.45, 7) is 3.10. The van der Waals surface area contributed by atoms with Gasteiger partial charge >= 0.3 is 0 Å². The number of carbonyl (C=O) groups is 1. The van der Waals surface area contributed by atoms with Gasteiger partial charge in [-0.05, 0) is 37.6 Å². The Kier molecular flexibility index (Phi) is 6.36. The van der Waals surface area contributed by atoms with E-state index in [9.17, 15) is 14.0 Å². The quantitative estimate of drug-likeness (QED) is 0.665. The van der Waals surface area contributed by atoms with Crippen molar-refractivity contribution in [2.24, 2.45) is 7.05 Å². The highest BCUT2D eigenvalue weighted by Gasteiger charge is 2.19. The van der Waals surface area contributed by atoms with Gasteiger partial charge in [-0.3, -0.25) is 19.0 Å². The van der Waals surface area contributed by atoms with E-state index in [1.807, 2.05) is 0 Å². The van der Waals surface area contributed by atoms with Gasteiger partial charge in [-0.1, -0.05) is 17.7 Å². The molecular formula is C17H19ClFN3O4. The molecule has 1 amide bonds. The van der Waals surface area contributed by atoms with Crippen LogP contribution >= 0.6 is 11.6 Å². The molecular weight excluding hydrogens is 365 g/mol. The van der Waals surface area contributed by atoms with Crippen LogP contribution in [0.5, 0.6) is 0 Å². The Balaban J connectivity index is 2.41. The van der Waals surface area contributed by atoms with Gasteiger partial charge in [0.1, 0.15) is 23.3 Å². The Morgan fingerprint density at radius 2 is 2.12 bits per heavy atom. The van der Waals surface area contributed by atoms with Crippen LogP contribution in [0.15, 0.2) is 29.1 Å². The van der Waals surface area contributed by atoms with E-state index in [1.54, 1.807) is 13.0 Å². The lowest BCUT2D eigenvalue weighted by Crippen LogP contribution is -2.30. The van der Waals surface area contributed by atoms with Crippen LogP contribution in [0, 0.1) is 12.7 Å². The number of hydrogen-bond donors (Lipinski definition) is 3. The monoisotopic (exact) mass is 383 g/mol. The Morgan fingerprint density at radius 1 is 1.42 bits per heavy atom. The number of aryl methyl sites for hydroxylation is 1. The lowest BCUT2D eigenvalue weighted by Gasteiger charge is -2.17. The predicted molar refractivity (Wildman–Crippen MR) is 96.2 cm³/mol. The second-order valence-electron chi connectivity index (χ2n) is 5.82. The lowest BCUT2D eigenvalue weighted by molar-refractivity contribution is -0.00685. The summed E-state index contributed by atoms with van der Waals surface area (Å²) in [5.74, 6) is -1.21. The summed E-state index contributed by atoms with van der Waals surface area (Å²) in [4.78, 5) is 29.3.